The molecule has 3 atom stereocenters. The average molecular weight is 322 g/mol. The van der Waals surface area contributed by atoms with E-state index in [-0.39, 0.29) is 29.9 Å². The van der Waals surface area contributed by atoms with Crippen LogP contribution in [0.3, 0.4) is 0 Å². The van der Waals surface area contributed by atoms with Gasteiger partial charge in [0.1, 0.15) is 11.9 Å². The maximum Gasteiger partial charge on any atom is 0.239 e. The minimum Gasteiger partial charge on any atom is -0.349 e. The van der Waals surface area contributed by atoms with Crippen LogP contribution in [0.25, 0.3) is 0 Å². The molecule has 1 aromatic rings. The Morgan fingerprint density at radius 3 is 3.13 bits per heavy atom. The lowest BCUT2D eigenvalue weighted by atomic mass is 10.1. The van der Waals surface area contributed by atoms with Crippen molar-refractivity contribution in [1.82, 2.24) is 21.2 Å². The first-order chi connectivity index (χ1) is 11.1. The molecule has 7 heteroatoms. The van der Waals surface area contributed by atoms with Crippen LogP contribution in [-0.4, -0.2) is 42.2 Å². The lowest BCUT2D eigenvalue weighted by Crippen LogP contribution is -2.46. The maximum absolute atomic E-state index is 13.2. The summed E-state index contributed by atoms with van der Waals surface area (Å²) in [5, 5.41) is 5.03. The molecule has 2 saturated heterocycles. The predicted octanol–water partition coefficient (Wildman–Crippen LogP) is 0.703. The first-order valence-electron chi connectivity index (χ1n) is 8.08. The van der Waals surface area contributed by atoms with Gasteiger partial charge in [-0.2, -0.15) is 5.48 Å². The average Bonchev–Trinajstić information content (AvgIpc) is 3.16. The number of hydroxylamine groups is 1. The van der Waals surface area contributed by atoms with Gasteiger partial charge >= 0.3 is 0 Å². The van der Waals surface area contributed by atoms with Crippen LogP contribution in [0.2, 0.25) is 0 Å². The van der Waals surface area contributed by atoms with Crippen molar-refractivity contribution in [3.8, 4) is 0 Å². The van der Waals surface area contributed by atoms with Gasteiger partial charge in [0.2, 0.25) is 5.91 Å². The Balaban J connectivity index is 1.45. The second kappa shape index (κ2) is 7.35. The standard InChI is InChI=1S/C16H23FN4O2/c1-2-14-7-15(20-23-14)16(22)19-13-8-18-21(10-13)9-11-4-3-5-12(17)6-11/h3-6,13-15,18,20H,2,7-10H2,1H3,(H,19,22). The molecule has 6 nitrogen and oxygen atoms in total. The van der Waals surface area contributed by atoms with Crippen molar-refractivity contribution in [3.63, 3.8) is 0 Å². The van der Waals surface area contributed by atoms with Crippen molar-refractivity contribution in [2.24, 2.45) is 0 Å². The third-order valence-electron chi connectivity index (χ3n) is 4.26. The second-order valence-electron chi connectivity index (χ2n) is 6.13. The molecular weight excluding hydrogens is 299 g/mol. The van der Waals surface area contributed by atoms with Crippen LogP contribution < -0.4 is 16.2 Å². The van der Waals surface area contributed by atoms with Gasteiger partial charge in [0.15, 0.2) is 0 Å². The van der Waals surface area contributed by atoms with Crippen LogP contribution in [0.5, 0.6) is 0 Å². The third-order valence-corrected chi connectivity index (χ3v) is 4.26. The number of rotatable bonds is 5. The van der Waals surface area contributed by atoms with Crippen LogP contribution in [-0.2, 0) is 16.2 Å². The lowest BCUT2D eigenvalue weighted by molar-refractivity contribution is -0.124. The molecule has 0 radical (unpaired) electrons. The summed E-state index contributed by atoms with van der Waals surface area (Å²) in [6.45, 7) is 4.00. The van der Waals surface area contributed by atoms with E-state index < -0.39 is 0 Å². The number of benzene rings is 1. The third kappa shape index (κ3) is 4.26. The number of hydrogen-bond acceptors (Lipinski definition) is 5. The Morgan fingerprint density at radius 2 is 2.39 bits per heavy atom. The van der Waals surface area contributed by atoms with E-state index in [2.05, 4.69) is 16.2 Å². The van der Waals surface area contributed by atoms with Crippen molar-refractivity contribution in [3.05, 3.63) is 35.6 Å². The minimum absolute atomic E-state index is 0.0274. The van der Waals surface area contributed by atoms with Crippen molar-refractivity contribution in [2.45, 2.75) is 44.5 Å². The van der Waals surface area contributed by atoms with E-state index in [0.29, 0.717) is 26.1 Å². The molecule has 0 aromatic heterocycles. The van der Waals surface area contributed by atoms with E-state index in [9.17, 15) is 9.18 Å². The van der Waals surface area contributed by atoms with Crippen molar-refractivity contribution >= 4 is 5.91 Å². The van der Waals surface area contributed by atoms with E-state index in [4.69, 9.17) is 4.84 Å². The van der Waals surface area contributed by atoms with E-state index >= 15 is 0 Å². The van der Waals surface area contributed by atoms with Crippen LogP contribution in [0, 0.1) is 5.82 Å². The smallest absolute Gasteiger partial charge is 0.239 e. The van der Waals surface area contributed by atoms with E-state index in [1.807, 2.05) is 18.0 Å². The SMILES string of the molecule is CCC1CC(C(=O)NC2CNN(Cc3cccc(F)c3)C2)NO1. The highest BCUT2D eigenvalue weighted by Gasteiger charge is 2.32. The number of hydrogen-bond donors (Lipinski definition) is 3. The molecule has 0 bridgehead atoms. The van der Waals surface area contributed by atoms with Gasteiger partial charge < -0.3 is 5.32 Å². The van der Waals surface area contributed by atoms with Gasteiger partial charge in [-0.15, -0.1) is 0 Å². The van der Waals surface area contributed by atoms with Gasteiger partial charge in [0.05, 0.1) is 12.1 Å². The van der Waals surface area contributed by atoms with E-state index in [1.165, 1.54) is 12.1 Å². The zero-order valence-electron chi connectivity index (χ0n) is 13.2. The van der Waals surface area contributed by atoms with Crippen molar-refractivity contribution in [2.75, 3.05) is 13.1 Å². The largest absolute Gasteiger partial charge is 0.349 e. The lowest BCUT2D eigenvalue weighted by Gasteiger charge is -2.17. The Bertz CT molecular complexity index is 557. The summed E-state index contributed by atoms with van der Waals surface area (Å²) in [4.78, 5) is 17.6. The molecule has 1 aromatic carbocycles. The van der Waals surface area contributed by atoms with Gasteiger partial charge in [-0.1, -0.05) is 19.1 Å². The highest BCUT2D eigenvalue weighted by molar-refractivity contribution is 5.82. The molecule has 126 valence electrons. The first-order valence-corrected chi connectivity index (χ1v) is 8.08. The Hall–Kier alpha value is -1.54. The quantitative estimate of drug-likeness (QED) is 0.745. The zero-order chi connectivity index (χ0) is 16.2. The number of nitrogens with zero attached hydrogens (tertiary/aromatic N) is 1. The van der Waals surface area contributed by atoms with E-state index in [0.717, 1.165) is 12.0 Å². The number of halogens is 1. The minimum atomic E-state index is -0.280. The Kier molecular flexibility index (Phi) is 5.22. The fourth-order valence-corrected chi connectivity index (χ4v) is 2.96. The molecule has 2 heterocycles. The second-order valence-corrected chi connectivity index (χ2v) is 6.13. The Labute approximate surface area is 135 Å². The summed E-state index contributed by atoms with van der Waals surface area (Å²) in [5.74, 6) is -0.260. The summed E-state index contributed by atoms with van der Waals surface area (Å²) in [5.41, 5.74) is 6.94. The summed E-state index contributed by atoms with van der Waals surface area (Å²) in [7, 11) is 0. The highest BCUT2D eigenvalue weighted by Crippen LogP contribution is 2.14. The summed E-state index contributed by atoms with van der Waals surface area (Å²) < 4.78 is 13.2. The molecule has 2 aliphatic heterocycles. The molecular formula is C16H23FN4O2. The maximum atomic E-state index is 13.2. The number of amides is 1. The van der Waals surface area contributed by atoms with Crippen LogP contribution in [0.15, 0.2) is 24.3 Å². The molecule has 3 rings (SSSR count). The fraction of sp³-hybridized carbons (Fsp3) is 0.562. The van der Waals surface area contributed by atoms with Gasteiger partial charge in [0.25, 0.3) is 0 Å². The number of carbonyl (C=O) groups excluding carboxylic acids is 1. The van der Waals surface area contributed by atoms with E-state index in [1.54, 1.807) is 6.07 Å². The fourth-order valence-electron chi connectivity index (χ4n) is 2.96. The summed E-state index contributed by atoms with van der Waals surface area (Å²) >= 11 is 0. The van der Waals surface area contributed by atoms with Crippen LogP contribution in [0.1, 0.15) is 25.3 Å². The zero-order valence-corrected chi connectivity index (χ0v) is 13.2. The van der Waals surface area contributed by atoms with Gasteiger partial charge in [-0.25, -0.2) is 9.40 Å². The van der Waals surface area contributed by atoms with Crippen molar-refractivity contribution < 1.29 is 14.0 Å². The highest BCUT2D eigenvalue weighted by atomic mass is 19.1. The molecule has 0 aliphatic carbocycles. The molecule has 0 spiro atoms. The predicted molar refractivity (Wildman–Crippen MR) is 83.4 cm³/mol. The molecule has 3 N–H and O–H groups in total. The number of nitrogens with one attached hydrogen (secondary N) is 3. The molecule has 2 fully saturated rings. The number of hydrazine groups is 1. The van der Waals surface area contributed by atoms with Crippen LogP contribution in [0.4, 0.5) is 4.39 Å². The summed E-state index contributed by atoms with van der Waals surface area (Å²) in [6, 6.07) is 6.32. The van der Waals surface area contributed by atoms with Crippen molar-refractivity contribution in [1.29, 1.82) is 0 Å². The molecule has 3 unspecified atom stereocenters. The topological polar surface area (TPSA) is 65.6 Å². The normalized spacial score (nSPS) is 28.2. The molecule has 2 aliphatic rings. The monoisotopic (exact) mass is 322 g/mol. The first kappa shape index (κ1) is 16.3. The molecule has 1 amide bonds. The van der Waals surface area contributed by atoms with Gasteiger partial charge in [0, 0.05) is 26.1 Å². The summed E-state index contributed by atoms with van der Waals surface area (Å²) in [6.07, 6.45) is 1.70. The molecule has 0 saturated carbocycles. The van der Waals surface area contributed by atoms with Gasteiger partial charge in [-0.3, -0.25) is 15.1 Å². The Morgan fingerprint density at radius 1 is 1.52 bits per heavy atom. The molecule has 23 heavy (non-hydrogen) atoms. The number of carbonyl (C=O) groups is 1. The van der Waals surface area contributed by atoms with Crippen LogP contribution >= 0.6 is 0 Å². The van der Waals surface area contributed by atoms with Gasteiger partial charge in [-0.05, 0) is 24.1 Å².